The van der Waals surface area contributed by atoms with E-state index < -0.39 is 0 Å². The second kappa shape index (κ2) is 4.30. The van der Waals surface area contributed by atoms with E-state index in [1.165, 1.54) is 0 Å². The maximum atomic E-state index is 9.01. The zero-order valence-electron chi connectivity index (χ0n) is 7.67. The van der Waals surface area contributed by atoms with Crippen molar-refractivity contribution in [3.8, 4) is 0 Å². The topological polar surface area (TPSA) is 56.6 Å². The van der Waals surface area contributed by atoms with E-state index in [1.54, 1.807) is 0 Å². The molecule has 1 aliphatic heterocycles. The van der Waals surface area contributed by atoms with Crippen molar-refractivity contribution in [3.05, 3.63) is 0 Å². The van der Waals surface area contributed by atoms with Crippen LogP contribution in [-0.4, -0.2) is 36.8 Å². The molecule has 0 aromatic heterocycles. The highest BCUT2D eigenvalue weighted by atomic mass is 16.3. The molecule has 70 valence electrons. The van der Waals surface area contributed by atoms with E-state index in [4.69, 9.17) is 5.11 Å². The SMILES string of the molecule is CC(C)[C@@H](CO)NC1=NCCN1. The first-order valence-corrected chi connectivity index (χ1v) is 4.39. The molecule has 3 N–H and O–H groups in total. The van der Waals surface area contributed by atoms with Crippen molar-refractivity contribution in [1.82, 2.24) is 10.6 Å². The van der Waals surface area contributed by atoms with Gasteiger partial charge < -0.3 is 15.7 Å². The van der Waals surface area contributed by atoms with Gasteiger partial charge in [0.05, 0.1) is 19.2 Å². The van der Waals surface area contributed by atoms with Crippen LogP contribution in [0.3, 0.4) is 0 Å². The Morgan fingerprint density at radius 1 is 1.67 bits per heavy atom. The predicted molar refractivity (Wildman–Crippen MR) is 49.2 cm³/mol. The van der Waals surface area contributed by atoms with E-state index in [2.05, 4.69) is 29.5 Å². The normalized spacial score (nSPS) is 18.8. The molecule has 0 aromatic carbocycles. The Morgan fingerprint density at radius 3 is 2.83 bits per heavy atom. The summed E-state index contributed by atoms with van der Waals surface area (Å²) >= 11 is 0. The van der Waals surface area contributed by atoms with E-state index in [9.17, 15) is 0 Å². The molecule has 0 radical (unpaired) electrons. The number of hydrogen-bond donors (Lipinski definition) is 3. The summed E-state index contributed by atoms with van der Waals surface area (Å²) in [6.45, 7) is 6.03. The van der Waals surface area contributed by atoms with E-state index in [-0.39, 0.29) is 12.6 Å². The van der Waals surface area contributed by atoms with Crippen LogP contribution in [-0.2, 0) is 0 Å². The molecule has 0 saturated carbocycles. The smallest absolute Gasteiger partial charge is 0.191 e. The van der Waals surface area contributed by atoms with Crippen molar-refractivity contribution in [2.75, 3.05) is 19.7 Å². The van der Waals surface area contributed by atoms with E-state index in [0.717, 1.165) is 19.0 Å². The van der Waals surface area contributed by atoms with Crippen LogP contribution in [0, 0.1) is 5.92 Å². The van der Waals surface area contributed by atoms with Gasteiger partial charge in [-0.2, -0.15) is 0 Å². The minimum absolute atomic E-state index is 0.106. The maximum Gasteiger partial charge on any atom is 0.191 e. The monoisotopic (exact) mass is 171 g/mol. The number of guanidine groups is 1. The summed E-state index contributed by atoms with van der Waals surface area (Å²) in [5, 5.41) is 15.3. The third kappa shape index (κ3) is 2.37. The molecule has 0 bridgehead atoms. The lowest BCUT2D eigenvalue weighted by atomic mass is 10.1. The minimum atomic E-state index is 0.106. The molecular weight excluding hydrogens is 154 g/mol. The first-order valence-electron chi connectivity index (χ1n) is 4.39. The standard InChI is InChI=1S/C8H17N3O/c1-6(2)7(5-12)11-8-9-3-4-10-8/h6-7,12H,3-5H2,1-2H3,(H2,9,10,11)/t7-/m1/s1. The van der Waals surface area contributed by atoms with Gasteiger partial charge in [0.1, 0.15) is 0 Å². The Morgan fingerprint density at radius 2 is 2.42 bits per heavy atom. The lowest BCUT2D eigenvalue weighted by Gasteiger charge is -2.20. The zero-order valence-corrected chi connectivity index (χ0v) is 7.67. The summed E-state index contributed by atoms with van der Waals surface area (Å²) in [5.41, 5.74) is 0. The molecule has 12 heavy (non-hydrogen) atoms. The zero-order chi connectivity index (χ0) is 8.97. The number of nitrogens with one attached hydrogen (secondary N) is 2. The molecule has 4 nitrogen and oxygen atoms in total. The third-order valence-electron chi connectivity index (χ3n) is 2.00. The Labute approximate surface area is 73.1 Å². The summed E-state index contributed by atoms with van der Waals surface area (Å²) in [7, 11) is 0. The Kier molecular flexibility index (Phi) is 3.34. The lowest BCUT2D eigenvalue weighted by Crippen LogP contribution is -2.45. The van der Waals surface area contributed by atoms with Gasteiger partial charge in [0.15, 0.2) is 5.96 Å². The Balaban J connectivity index is 2.36. The lowest BCUT2D eigenvalue weighted by molar-refractivity contribution is 0.225. The minimum Gasteiger partial charge on any atom is -0.394 e. The summed E-state index contributed by atoms with van der Waals surface area (Å²) in [6.07, 6.45) is 0. The van der Waals surface area contributed by atoms with Gasteiger partial charge in [-0.25, -0.2) is 0 Å². The molecule has 0 fully saturated rings. The number of aliphatic hydroxyl groups is 1. The van der Waals surface area contributed by atoms with Gasteiger partial charge in [-0.05, 0) is 5.92 Å². The van der Waals surface area contributed by atoms with Crippen molar-refractivity contribution in [2.45, 2.75) is 19.9 Å². The van der Waals surface area contributed by atoms with Crippen LogP contribution in [0.5, 0.6) is 0 Å². The van der Waals surface area contributed by atoms with Gasteiger partial charge in [0, 0.05) is 6.54 Å². The number of nitrogens with zero attached hydrogens (tertiary/aromatic N) is 1. The van der Waals surface area contributed by atoms with E-state index >= 15 is 0 Å². The maximum absolute atomic E-state index is 9.01. The van der Waals surface area contributed by atoms with Gasteiger partial charge in [-0.15, -0.1) is 0 Å². The van der Waals surface area contributed by atoms with Crippen LogP contribution in [0.1, 0.15) is 13.8 Å². The molecule has 0 saturated heterocycles. The van der Waals surface area contributed by atoms with Crippen molar-refractivity contribution in [1.29, 1.82) is 0 Å². The fraction of sp³-hybridized carbons (Fsp3) is 0.875. The van der Waals surface area contributed by atoms with Crippen molar-refractivity contribution in [2.24, 2.45) is 10.9 Å². The number of aliphatic imine (C=N–C) groups is 1. The van der Waals surface area contributed by atoms with Crippen LogP contribution in [0.15, 0.2) is 4.99 Å². The number of rotatable bonds is 3. The predicted octanol–water partition coefficient (Wildman–Crippen LogP) is -0.448. The summed E-state index contributed by atoms with van der Waals surface area (Å²) in [4.78, 5) is 4.19. The molecule has 1 atom stereocenters. The quantitative estimate of drug-likeness (QED) is 0.539. The highest BCUT2D eigenvalue weighted by Crippen LogP contribution is 2.00. The van der Waals surface area contributed by atoms with E-state index in [1.807, 2.05) is 0 Å². The second-order valence-corrected chi connectivity index (χ2v) is 3.33. The first kappa shape index (κ1) is 9.32. The molecule has 1 rings (SSSR count). The second-order valence-electron chi connectivity index (χ2n) is 3.33. The number of aliphatic hydroxyl groups excluding tert-OH is 1. The van der Waals surface area contributed by atoms with Crippen molar-refractivity contribution in [3.63, 3.8) is 0 Å². The third-order valence-corrected chi connectivity index (χ3v) is 2.00. The molecule has 4 heteroatoms. The van der Waals surface area contributed by atoms with E-state index in [0.29, 0.717) is 5.92 Å². The summed E-state index contributed by atoms with van der Waals surface area (Å²) < 4.78 is 0. The fourth-order valence-corrected chi connectivity index (χ4v) is 1.09. The molecule has 0 aliphatic carbocycles. The van der Waals surface area contributed by atoms with Crippen molar-refractivity contribution < 1.29 is 5.11 Å². The number of hydrogen-bond acceptors (Lipinski definition) is 4. The van der Waals surface area contributed by atoms with Gasteiger partial charge in [0.2, 0.25) is 0 Å². The van der Waals surface area contributed by atoms with Crippen LogP contribution in [0.4, 0.5) is 0 Å². The van der Waals surface area contributed by atoms with Crippen LogP contribution in [0.25, 0.3) is 0 Å². The molecule has 0 unspecified atom stereocenters. The molecule has 1 aliphatic rings. The molecule has 0 amide bonds. The highest BCUT2D eigenvalue weighted by molar-refractivity contribution is 5.81. The molecular formula is C8H17N3O. The van der Waals surface area contributed by atoms with Crippen LogP contribution >= 0.6 is 0 Å². The van der Waals surface area contributed by atoms with Gasteiger partial charge >= 0.3 is 0 Å². The molecule has 0 spiro atoms. The van der Waals surface area contributed by atoms with Crippen LogP contribution < -0.4 is 10.6 Å². The summed E-state index contributed by atoms with van der Waals surface area (Å²) in [5.74, 6) is 1.24. The van der Waals surface area contributed by atoms with Gasteiger partial charge in [-0.3, -0.25) is 4.99 Å². The molecule has 1 heterocycles. The van der Waals surface area contributed by atoms with Gasteiger partial charge in [-0.1, -0.05) is 13.8 Å². The largest absolute Gasteiger partial charge is 0.394 e. The first-order chi connectivity index (χ1) is 5.74. The average Bonchev–Trinajstić information content (AvgIpc) is 2.51. The Hall–Kier alpha value is -0.770. The fourth-order valence-electron chi connectivity index (χ4n) is 1.09. The molecule has 0 aromatic rings. The van der Waals surface area contributed by atoms with Crippen molar-refractivity contribution >= 4 is 5.96 Å². The average molecular weight is 171 g/mol. The highest BCUT2D eigenvalue weighted by Gasteiger charge is 2.14. The summed E-state index contributed by atoms with van der Waals surface area (Å²) in [6, 6.07) is 0.106. The van der Waals surface area contributed by atoms with Gasteiger partial charge in [0.25, 0.3) is 0 Å². The van der Waals surface area contributed by atoms with Crippen LogP contribution in [0.2, 0.25) is 0 Å². The Bertz CT molecular complexity index is 168.